The van der Waals surface area contributed by atoms with Gasteiger partial charge in [0.1, 0.15) is 0 Å². The number of aryl methyl sites for hydroxylation is 3. The Morgan fingerprint density at radius 2 is 2.05 bits per heavy atom. The lowest BCUT2D eigenvalue weighted by Crippen LogP contribution is -2.24. The van der Waals surface area contributed by atoms with Crippen molar-refractivity contribution in [3.63, 3.8) is 0 Å². The number of nitrogens with zero attached hydrogens (tertiary/aromatic N) is 4. The first kappa shape index (κ1) is 16.2. The predicted molar refractivity (Wildman–Crippen MR) is 88.4 cm³/mol. The van der Waals surface area contributed by atoms with E-state index in [9.17, 15) is 0 Å². The van der Waals surface area contributed by atoms with Crippen LogP contribution in [-0.2, 0) is 20.0 Å². The van der Waals surface area contributed by atoms with Crippen LogP contribution in [-0.4, -0.2) is 26.1 Å². The molecule has 6 heteroatoms. The Hall–Kier alpha value is -1.14. The van der Waals surface area contributed by atoms with Crippen LogP contribution in [0.15, 0.2) is 10.7 Å². The second-order valence-corrected chi connectivity index (χ2v) is 6.08. The maximum atomic E-state index is 4.58. The maximum absolute atomic E-state index is 4.58. The summed E-state index contributed by atoms with van der Waals surface area (Å²) in [7, 11) is 1.98. The van der Waals surface area contributed by atoms with Gasteiger partial charge >= 0.3 is 0 Å². The van der Waals surface area contributed by atoms with Gasteiger partial charge in [-0.2, -0.15) is 10.2 Å². The van der Waals surface area contributed by atoms with Crippen LogP contribution in [0.3, 0.4) is 0 Å². The zero-order valence-electron chi connectivity index (χ0n) is 13.4. The zero-order valence-corrected chi connectivity index (χ0v) is 15.0. The first-order valence-electron chi connectivity index (χ1n) is 7.43. The average Bonchev–Trinajstić information content (AvgIpc) is 2.93. The molecule has 2 rings (SSSR count). The monoisotopic (exact) mass is 353 g/mol. The van der Waals surface area contributed by atoms with Crippen molar-refractivity contribution in [1.82, 2.24) is 24.9 Å². The Morgan fingerprint density at radius 1 is 1.33 bits per heavy atom. The normalized spacial score (nSPS) is 12.9. The molecule has 0 radical (unpaired) electrons. The van der Waals surface area contributed by atoms with E-state index in [0.717, 1.165) is 29.7 Å². The van der Waals surface area contributed by atoms with Crippen molar-refractivity contribution in [1.29, 1.82) is 0 Å². The third kappa shape index (κ3) is 3.21. The van der Waals surface area contributed by atoms with Gasteiger partial charge in [-0.1, -0.05) is 6.92 Å². The fraction of sp³-hybridized carbons (Fsp3) is 0.600. The molecule has 0 saturated heterocycles. The number of aromatic nitrogens is 4. The largest absolute Gasteiger partial charge is 0.310 e. The smallest absolute Gasteiger partial charge is 0.0738 e. The van der Waals surface area contributed by atoms with Gasteiger partial charge in [0.2, 0.25) is 0 Å². The van der Waals surface area contributed by atoms with Crippen molar-refractivity contribution in [2.45, 2.75) is 46.7 Å². The van der Waals surface area contributed by atoms with E-state index in [0.29, 0.717) is 0 Å². The minimum Gasteiger partial charge on any atom is -0.310 e. The number of likely N-dealkylation sites (N-methyl/N-ethyl adjacent to an activating group) is 1. The van der Waals surface area contributed by atoms with E-state index < -0.39 is 0 Å². The second-order valence-electron chi connectivity index (χ2n) is 5.29. The van der Waals surface area contributed by atoms with Gasteiger partial charge in [-0.3, -0.25) is 9.36 Å². The molecule has 2 aromatic rings. The van der Waals surface area contributed by atoms with E-state index in [1.807, 2.05) is 24.9 Å². The van der Waals surface area contributed by atoms with E-state index in [-0.39, 0.29) is 6.04 Å². The van der Waals surface area contributed by atoms with Crippen LogP contribution in [0.5, 0.6) is 0 Å². The third-order valence-electron chi connectivity index (χ3n) is 3.95. The molecule has 0 saturated carbocycles. The minimum absolute atomic E-state index is 0.251. The molecule has 2 aromatic heterocycles. The summed E-state index contributed by atoms with van der Waals surface area (Å²) in [6, 6.07) is 0.251. The van der Waals surface area contributed by atoms with Gasteiger partial charge in [-0.05, 0) is 43.2 Å². The minimum atomic E-state index is 0.251. The van der Waals surface area contributed by atoms with Crippen LogP contribution >= 0.6 is 15.9 Å². The van der Waals surface area contributed by atoms with Gasteiger partial charge in [-0.25, -0.2) is 0 Å². The molecular weight excluding hydrogens is 330 g/mol. The molecule has 1 atom stereocenters. The van der Waals surface area contributed by atoms with Gasteiger partial charge in [0.15, 0.2) is 0 Å². The van der Waals surface area contributed by atoms with Gasteiger partial charge in [0, 0.05) is 37.3 Å². The third-order valence-corrected chi connectivity index (χ3v) is 4.98. The highest BCUT2D eigenvalue weighted by atomic mass is 79.9. The van der Waals surface area contributed by atoms with Crippen LogP contribution in [0.25, 0.3) is 0 Å². The van der Waals surface area contributed by atoms with E-state index in [1.165, 1.54) is 17.0 Å². The molecule has 5 nitrogen and oxygen atoms in total. The van der Waals surface area contributed by atoms with Crippen molar-refractivity contribution in [2.24, 2.45) is 7.05 Å². The Bertz CT molecular complexity index is 614. The highest BCUT2D eigenvalue weighted by molar-refractivity contribution is 9.10. The lowest BCUT2D eigenvalue weighted by Gasteiger charge is -2.19. The summed E-state index contributed by atoms with van der Waals surface area (Å²) in [5.41, 5.74) is 4.75. The molecule has 0 aliphatic carbocycles. The molecule has 21 heavy (non-hydrogen) atoms. The lowest BCUT2D eigenvalue weighted by molar-refractivity contribution is 0.512. The summed E-state index contributed by atoms with van der Waals surface area (Å²) in [4.78, 5) is 0. The quantitative estimate of drug-likeness (QED) is 0.868. The summed E-state index contributed by atoms with van der Waals surface area (Å²) in [6.07, 6.45) is 2.87. The molecular formula is C15H24BrN5. The topological polar surface area (TPSA) is 47.7 Å². The molecule has 0 spiro atoms. The summed E-state index contributed by atoms with van der Waals surface area (Å²) in [6.45, 7) is 10.2. The van der Waals surface area contributed by atoms with Gasteiger partial charge in [0.25, 0.3) is 0 Å². The number of halogens is 1. The van der Waals surface area contributed by atoms with Crippen molar-refractivity contribution in [3.05, 3.63) is 33.3 Å². The molecule has 2 heterocycles. The van der Waals surface area contributed by atoms with E-state index in [4.69, 9.17) is 0 Å². The van der Waals surface area contributed by atoms with Crippen molar-refractivity contribution in [3.8, 4) is 0 Å². The van der Waals surface area contributed by atoms with Crippen LogP contribution < -0.4 is 5.32 Å². The highest BCUT2D eigenvalue weighted by Crippen LogP contribution is 2.27. The van der Waals surface area contributed by atoms with Crippen LogP contribution in [0.1, 0.15) is 42.5 Å². The van der Waals surface area contributed by atoms with Crippen LogP contribution in [0.4, 0.5) is 0 Å². The Kier molecular flexibility index (Phi) is 5.22. The van der Waals surface area contributed by atoms with E-state index >= 15 is 0 Å². The number of nitrogens with one attached hydrogen (secondary N) is 1. The molecule has 0 amide bonds. The molecule has 0 aromatic carbocycles. The Labute approximate surface area is 134 Å². The molecule has 0 aliphatic heterocycles. The lowest BCUT2D eigenvalue weighted by atomic mass is 10.0. The summed E-state index contributed by atoms with van der Waals surface area (Å²) in [5.74, 6) is 0. The van der Waals surface area contributed by atoms with Gasteiger partial charge in [-0.15, -0.1) is 0 Å². The molecule has 0 bridgehead atoms. The molecule has 116 valence electrons. The van der Waals surface area contributed by atoms with Gasteiger partial charge in [0.05, 0.1) is 22.1 Å². The molecule has 0 fully saturated rings. The predicted octanol–water partition coefficient (Wildman–Crippen LogP) is 2.91. The first-order valence-corrected chi connectivity index (χ1v) is 8.22. The number of hydrogen-bond donors (Lipinski definition) is 1. The maximum Gasteiger partial charge on any atom is 0.0738 e. The van der Waals surface area contributed by atoms with Crippen molar-refractivity contribution >= 4 is 15.9 Å². The fourth-order valence-electron chi connectivity index (χ4n) is 2.65. The average molecular weight is 354 g/mol. The number of hydrogen-bond acceptors (Lipinski definition) is 3. The van der Waals surface area contributed by atoms with Crippen LogP contribution in [0, 0.1) is 13.8 Å². The fourth-order valence-corrected chi connectivity index (χ4v) is 3.10. The SMILES string of the molecule is CCNC(Cc1c(Br)c(C)nn1CC)c1cnn(C)c1C. The standard InChI is InChI=1S/C15H24BrN5/c1-6-17-13(12-9-18-20(5)11(12)4)8-14-15(16)10(3)19-21(14)7-2/h9,13,17H,6-8H2,1-5H3. The van der Waals surface area contributed by atoms with Gasteiger partial charge < -0.3 is 5.32 Å². The summed E-state index contributed by atoms with van der Waals surface area (Å²) >= 11 is 3.69. The summed E-state index contributed by atoms with van der Waals surface area (Å²) in [5, 5.41) is 12.5. The molecule has 1 N–H and O–H groups in total. The Balaban J connectivity index is 2.35. The number of rotatable bonds is 6. The van der Waals surface area contributed by atoms with Crippen molar-refractivity contribution in [2.75, 3.05) is 6.54 Å². The Morgan fingerprint density at radius 3 is 2.57 bits per heavy atom. The van der Waals surface area contributed by atoms with Crippen molar-refractivity contribution < 1.29 is 0 Å². The summed E-state index contributed by atoms with van der Waals surface area (Å²) < 4.78 is 5.13. The molecule has 0 aliphatic rings. The molecule has 1 unspecified atom stereocenters. The zero-order chi connectivity index (χ0) is 15.6. The second kappa shape index (κ2) is 6.75. The van der Waals surface area contributed by atoms with E-state index in [1.54, 1.807) is 0 Å². The van der Waals surface area contributed by atoms with Crippen LogP contribution in [0.2, 0.25) is 0 Å². The van der Waals surface area contributed by atoms with E-state index in [2.05, 4.69) is 56.9 Å². The first-order chi connectivity index (χ1) is 9.99. The highest BCUT2D eigenvalue weighted by Gasteiger charge is 2.21.